The minimum atomic E-state index is 0.137. The summed E-state index contributed by atoms with van der Waals surface area (Å²) in [6.45, 7) is 3.75. The molecule has 0 atom stereocenters. The number of para-hydroxylation sites is 1. The number of hydrogen-bond acceptors (Lipinski definition) is 3. The van der Waals surface area contributed by atoms with E-state index in [1.165, 1.54) is 0 Å². The second-order valence-electron chi connectivity index (χ2n) is 6.08. The Morgan fingerprint density at radius 1 is 0.750 bits per heavy atom. The van der Waals surface area contributed by atoms with Gasteiger partial charge in [0.25, 0.3) is 0 Å². The third-order valence-corrected chi connectivity index (χ3v) is 4.25. The quantitative estimate of drug-likeness (QED) is 0.657. The fraction of sp³-hybridized carbons (Fsp3) is 0.143. The van der Waals surface area contributed by atoms with Crippen LogP contribution in [0, 0.1) is 13.8 Å². The van der Waals surface area contributed by atoms with Crippen molar-refractivity contribution >= 4 is 0 Å². The maximum Gasteiger partial charge on any atom is 0.123 e. The summed E-state index contributed by atoms with van der Waals surface area (Å²) < 4.78 is 0. The zero-order valence-electron chi connectivity index (χ0n) is 13.7. The highest BCUT2D eigenvalue weighted by atomic mass is 16.3. The summed E-state index contributed by atoms with van der Waals surface area (Å²) in [6, 6.07) is 16.3. The Balaban J connectivity index is 2.10. The average molecular weight is 320 g/mol. The van der Waals surface area contributed by atoms with E-state index in [-0.39, 0.29) is 11.5 Å². The van der Waals surface area contributed by atoms with Gasteiger partial charge in [-0.25, -0.2) is 0 Å². The van der Waals surface area contributed by atoms with Crippen LogP contribution in [0.5, 0.6) is 17.2 Å². The van der Waals surface area contributed by atoms with Crippen molar-refractivity contribution in [3.63, 3.8) is 0 Å². The van der Waals surface area contributed by atoms with Crippen LogP contribution in [0.3, 0.4) is 0 Å². The van der Waals surface area contributed by atoms with E-state index in [9.17, 15) is 15.3 Å². The van der Waals surface area contributed by atoms with Crippen LogP contribution in [0.25, 0.3) is 11.1 Å². The normalized spacial score (nSPS) is 10.8. The molecule has 0 heterocycles. The first-order valence-electron chi connectivity index (χ1n) is 7.85. The van der Waals surface area contributed by atoms with Crippen molar-refractivity contribution in [1.29, 1.82) is 0 Å². The monoisotopic (exact) mass is 320 g/mol. The SMILES string of the molecule is Cc1cc(Cc2cccc(O)c2-c2ccccc2O)cc(C)c1O. The van der Waals surface area contributed by atoms with Crippen LogP contribution in [-0.2, 0) is 6.42 Å². The molecule has 0 aromatic heterocycles. The van der Waals surface area contributed by atoms with Crippen molar-refractivity contribution in [2.24, 2.45) is 0 Å². The molecule has 0 radical (unpaired) electrons. The summed E-state index contributed by atoms with van der Waals surface area (Å²) >= 11 is 0. The third-order valence-electron chi connectivity index (χ3n) is 4.25. The molecule has 0 saturated carbocycles. The largest absolute Gasteiger partial charge is 0.507 e. The predicted molar refractivity (Wildman–Crippen MR) is 95.6 cm³/mol. The molecule has 0 aliphatic carbocycles. The zero-order chi connectivity index (χ0) is 17.3. The number of phenols is 3. The maximum absolute atomic E-state index is 10.3. The Labute approximate surface area is 141 Å². The number of rotatable bonds is 3. The lowest BCUT2D eigenvalue weighted by Gasteiger charge is -2.14. The summed E-state index contributed by atoms with van der Waals surface area (Å²) in [4.78, 5) is 0. The van der Waals surface area contributed by atoms with E-state index < -0.39 is 0 Å². The second kappa shape index (κ2) is 6.28. The van der Waals surface area contributed by atoms with E-state index in [1.807, 2.05) is 38.1 Å². The first kappa shape index (κ1) is 15.9. The molecule has 0 aliphatic heterocycles. The van der Waals surface area contributed by atoms with E-state index >= 15 is 0 Å². The van der Waals surface area contributed by atoms with Crippen LogP contribution in [0.4, 0.5) is 0 Å². The molecule has 3 heteroatoms. The van der Waals surface area contributed by atoms with Gasteiger partial charge in [-0.15, -0.1) is 0 Å². The number of benzene rings is 3. The van der Waals surface area contributed by atoms with Crippen LogP contribution in [0.1, 0.15) is 22.3 Å². The Kier molecular flexibility index (Phi) is 4.17. The topological polar surface area (TPSA) is 60.7 Å². The minimum absolute atomic E-state index is 0.137. The zero-order valence-corrected chi connectivity index (χ0v) is 13.7. The Bertz CT molecular complexity index is 874. The molecule has 0 spiro atoms. The van der Waals surface area contributed by atoms with Crippen molar-refractivity contribution < 1.29 is 15.3 Å². The molecule has 0 unspecified atom stereocenters. The molecule has 24 heavy (non-hydrogen) atoms. The number of aromatic hydroxyl groups is 3. The number of aryl methyl sites for hydroxylation is 2. The standard InChI is InChI=1S/C21H20O3/c1-13-10-15(11-14(2)21(13)24)12-16-6-5-9-19(23)20(16)17-7-3-4-8-18(17)22/h3-11,22-24H,12H2,1-2H3. The molecule has 0 aliphatic rings. The molecule has 122 valence electrons. The molecule has 3 N–H and O–H groups in total. The van der Waals surface area contributed by atoms with Crippen molar-refractivity contribution in [1.82, 2.24) is 0 Å². The molecule has 3 aromatic rings. The minimum Gasteiger partial charge on any atom is -0.507 e. The van der Waals surface area contributed by atoms with E-state index in [0.29, 0.717) is 23.3 Å². The van der Waals surface area contributed by atoms with Crippen LogP contribution in [-0.4, -0.2) is 15.3 Å². The van der Waals surface area contributed by atoms with Gasteiger partial charge in [-0.05, 0) is 54.7 Å². The van der Waals surface area contributed by atoms with Gasteiger partial charge in [0.2, 0.25) is 0 Å². The lowest BCUT2D eigenvalue weighted by atomic mass is 9.92. The van der Waals surface area contributed by atoms with Gasteiger partial charge in [0, 0.05) is 11.1 Å². The highest BCUT2D eigenvalue weighted by Crippen LogP contribution is 2.38. The van der Waals surface area contributed by atoms with Crippen LogP contribution < -0.4 is 0 Å². The lowest BCUT2D eigenvalue weighted by Crippen LogP contribution is -1.95. The summed E-state index contributed by atoms with van der Waals surface area (Å²) in [5, 5.41) is 30.4. The van der Waals surface area contributed by atoms with Gasteiger partial charge in [-0.1, -0.05) is 42.5 Å². The smallest absolute Gasteiger partial charge is 0.123 e. The Hall–Kier alpha value is -2.94. The first-order chi connectivity index (χ1) is 11.5. The summed E-state index contributed by atoms with van der Waals surface area (Å²) in [6.07, 6.45) is 0.597. The van der Waals surface area contributed by atoms with E-state index in [0.717, 1.165) is 22.3 Å². The van der Waals surface area contributed by atoms with E-state index in [4.69, 9.17) is 0 Å². The van der Waals surface area contributed by atoms with Gasteiger partial charge in [0.05, 0.1) is 0 Å². The molecule has 3 nitrogen and oxygen atoms in total. The number of hydrogen-bond donors (Lipinski definition) is 3. The molecule has 3 rings (SSSR count). The summed E-state index contributed by atoms with van der Waals surface area (Å²) in [5.74, 6) is 0.593. The third kappa shape index (κ3) is 2.93. The Morgan fingerprint density at radius 2 is 1.38 bits per heavy atom. The van der Waals surface area contributed by atoms with Crippen molar-refractivity contribution in [2.45, 2.75) is 20.3 Å². The molecule has 3 aromatic carbocycles. The molecular weight excluding hydrogens is 300 g/mol. The Morgan fingerprint density at radius 3 is 2.04 bits per heavy atom. The van der Waals surface area contributed by atoms with Gasteiger partial charge in [0.15, 0.2) is 0 Å². The van der Waals surface area contributed by atoms with E-state index in [2.05, 4.69) is 0 Å². The van der Waals surface area contributed by atoms with Crippen molar-refractivity contribution in [3.8, 4) is 28.4 Å². The van der Waals surface area contributed by atoms with E-state index in [1.54, 1.807) is 30.3 Å². The number of phenolic OH excluding ortho intramolecular Hbond substituents is 3. The van der Waals surface area contributed by atoms with Crippen LogP contribution in [0.15, 0.2) is 54.6 Å². The molecular formula is C21H20O3. The van der Waals surface area contributed by atoms with Gasteiger partial charge in [-0.2, -0.15) is 0 Å². The van der Waals surface area contributed by atoms with Crippen LogP contribution in [0.2, 0.25) is 0 Å². The highest BCUT2D eigenvalue weighted by molar-refractivity contribution is 5.78. The van der Waals surface area contributed by atoms with Gasteiger partial charge in [-0.3, -0.25) is 0 Å². The van der Waals surface area contributed by atoms with Gasteiger partial charge >= 0.3 is 0 Å². The maximum atomic E-state index is 10.3. The highest BCUT2D eigenvalue weighted by Gasteiger charge is 2.14. The van der Waals surface area contributed by atoms with Crippen molar-refractivity contribution in [3.05, 3.63) is 76.9 Å². The van der Waals surface area contributed by atoms with Gasteiger partial charge in [0.1, 0.15) is 17.2 Å². The molecule has 0 saturated heterocycles. The molecule has 0 amide bonds. The predicted octanol–water partition coefficient (Wildman–Crippen LogP) is 4.68. The molecule has 0 bridgehead atoms. The first-order valence-corrected chi connectivity index (χ1v) is 7.85. The average Bonchev–Trinajstić information content (AvgIpc) is 2.54. The van der Waals surface area contributed by atoms with Gasteiger partial charge < -0.3 is 15.3 Å². The summed E-state index contributed by atoms with van der Waals surface area (Å²) in [7, 11) is 0. The molecule has 0 fully saturated rings. The fourth-order valence-electron chi connectivity index (χ4n) is 3.10. The van der Waals surface area contributed by atoms with Crippen LogP contribution >= 0.6 is 0 Å². The fourth-order valence-corrected chi connectivity index (χ4v) is 3.10. The summed E-state index contributed by atoms with van der Waals surface area (Å²) in [5.41, 5.74) is 4.87. The second-order valence-corrected chi connectivity index (χ2v) is 6.08. The lowest BCUT2D eigenvalue weighted by molar-refractivity contribution is 0.466. The van der Waals surface area contributed by atoms with Crippen molar-refractivity contribution in [2.75, 3.05) is 0 Å².